The normalized spacial score (nSPS) is 11.9. The van der Waals surface area contributed by atoms with Crippen LogP contribution in [0.5, 0.6) is 0 Å². The number of nitrogens with one attached hydrogen (secondary N) is 1. The Balaban J connectivity index is 1.82. The minimum atomic E-state index is -3.51. The second-order valence-electron chi connectivity index (χ2n) is 7.71. The third kappa shape index (κ3) is 4.00. The summed E-state index contributed by atoms with van der Waals surface area (Å²) < 4.78 is 24.6. The molecule has 5 nitrogen and oxygen atoms in total. The Kier molecular flexibility index (Phi) is 5.86. The minimum absolute atomic E-state index is 0.277. The molecular formula is C27H25N2O3P. The Hall–Kier alpha value is -3.24. The average Bonchev–Trinajstić information content (AvgIpc) is 3.38. The highest BCUT2D eigenvalue weighted by Crippen LogP contribution is 2.47. The van der Waals surface area contributed by atoms with E-state index in [1.807, 2.05) is 36.5 Å². The lowest BCUT2D eigenvalue weighted by molar-refractivity contribution is 0.229. The van der Waals surface area contributed by atoms with Gasteiger partial charge in [-0.05, 0) is 66.1 Å². The summed E-state index contributed by atoms with van der Waals surface area (Å²) in [6.07, 6.45) is 1.92. The first-order valence-electron chi connectivity index (χ1n) is 11.1. The van der Waals surface area contributed by atoms with Crippen molar-refractivity contribution in [3.63, 3.8) is 0 Å². The molecule has 2 aromatic heterocycles. The molecule has 0 amide bonds. The molecule has 1 N–H and O–H groups in total. The van der Waals surface area contributed by atoms with E-state index in [4.69, 9.17) is 14.0 Å². The van der Waals surface area contributed by atoms with Gasteiger partial charge in [0.25, 0.3) is 0 Å². The summed E-state index contributed by atoms with van der Waals surface area (Å²) in [7, 11) is -3.51. The van der Waals surface area contributed by atoms with Crippen LogP contribution in [0, 0.1) is 0 Å². The molecule has 6 heteroatoms. The maximum Gasteiger partial charge on any atom is 0.379 e. The molecule has 0 aliphatic rings. The van der Waals surface area contributed by atoms with Crippen molar-refractivity contribution in [1.82, 2.24) is 9.97 Å². The molecule has 0 aliphatic heterocycles. The SMILES string of the molecule is CCOP(=O)(OCC)c1ccc2cc(-c3ccc[nH]3)cc(-c3cccc4ccccc34)c2n1. The molecule has 33 heavy (non-hydrogen) atoms. The predicted octanol–water partition coefficient (Wildman–Crippen LogP) is 6.94. The molecule has 3 aromatic carbocycles. The number of fused-ring (bicyclic) bond motifs is 2. The molecule has 5 rings (SSSR count). The predicted molar refractivity (Wildman–Crippen MR) is 135 cm³/mol. The topological polar surface area (TPSA) is 64.2 Å². The van der Waals surface area contributed by atoms with Crippen LogP contribution in [0.25, 0.3) is 44.1 Å². The Morgan fingerprint density at radius 3 is 2.36 bits per heavy atom. The molecule has 166 valence electrons. The lowest BCUT2D eigenvalue weighted by atomic mass is 9.94. The van der Waals surface area contributed by atoms with E-state index in [9.17, 15) is 4.57 Å². The molecule has 0 radical (unpaired) electrons. The smallest absolute Gasteiger partial charge is 0.361 e. The van der Waals surface area contributed by atoms with Crippen LogP contribution in [0.2, 0.25) is 0 Å². The van der Waals surface area contributed by atoms with Gasteiger partial charge < -0.3 is 14.0 Å². The summed E-state index contributed by atoms with van der Waals surface area (Å²) in [5.74, 6) is 0. The van der Waals surface area contributed by atoms with Crippen LogP contribution in [0.3, 0.4) is 0 Å². The van der Waals surface area contributed by atoms with Crippen molar-refractivity contribution in [2.24, 2.45) is 0 Å². The van der Waals surface area contributed by atoms with Crippen LogP contribution in [0.15, 0.2) is 85.1 Å². The molecular weight excluding hydrogens is 431 g/mol. The van der Waals surface area contributed by atoms with Crippen molar-refractivity contribution in [2.75, 3.05) is 13.2 Å². The first kappa shape index (κ1) is 21.6. The zero-order valence-corrected chi connectivity index (χ0v) is 19.5. The first-order valence-corrected chi connectivity index (χ1v) is 12.6. The van der Waals surface area contributed by atoms with Crippen molar-refractivity contribution in [1.29, 1.82) is 0 Å². The summed E-state index contributed by atoms with van der Waals surface area (Å²) in [4.78, 5) is 8.16. The standard InChI is InChI=1S/C27H25N2O3P/c1-3-31-33(30,32-4-2)26-15-14-20-17-21(25-13-8-16-28-25)18-24(27(20)29-26)23-12-7-10-19-9-5-6-11-22(19)23/h5-18,28H,3-4H2,1-2H3. The second kappa shape index (κ2) is 8.95. The molecule has 0 bridgehead atoms. The summed E-state index contributed by atoms with van der Waals surface area (Å²) in [6.45, 7) is 4.16. The number of rotatable bonds is 7. The fourth-order valence-corrected chi connectivity index (χ4v) is 5.72. The Morgan fingerprint density at radius 1 is 0.818 bits per heavy atom. The lowest BCUT2D eigenvalue weighted by Crippen LogP contribution is -2.14. The highest BCUT2D eigenvalue weighted by Gasteiger charge is 2.29. The quantitative estimate of drug-likeness (QED) is 0.269. The van der Waals surface area contributed by atoms with Gasteiger partial charge in [0, 0.05) is 22.8 Å². The van der Waals surface area contributed by atoms with E-state index in [1.54, 1.807) is 19.9 Å². The molecule has 0 aliphatic carbocycles. The van der Waals surface area contributed by atoms with E-state index in [0.717, 1.165) is 44.1 Å². The van der Waals surface area contributed by atoms with E-state index in [2.05, 4.69) is 47.4 Å². The fourth-order valence-electron chi connectivity index (χ4n) is 4.22. The van der Waals surface area contributed by atoms with Crippen LogP contribution in [-0.2, 0) is 13.6 Å². The number of hydrogen-bond acceptors (Lipinski definition) is 4. The molecule has 0 atom stereocenters. The molecule has 0 saturated carbocycles. The Morgan fingerprint density at radius 2 is 1.61 bits per heavy atom. The molecule has 0 spiro atoms. The number of benzene rings is 3. The molecule has 0 saturated heterocycles. The van der Waals surface area contributed by atoms with Gasteiger partial charge in [-0.2, -0.15) is 0 Å². The fraction of sp³-hybridized carbons (Fsp3) is 0.148. The number of hydrogen-bond donors (Lipinski definition) is 1. The Labute approximate surface area is 192 Å². The monoisotopic (exact) mass is 456 g/mol. The third-order valence-electron chi connectivity index (χ3n) is 5.65. The highest BCUT2D eigenvalue weighted by molar-refractivity contribution is 7.61. The molecule has 0 fully saturated rings. The molecule has 2 heterocycles. The minimum Gasteiger partial charge on any atom is -0.361 e. The maximum atomic E-state index is 13.5. The van der Waals surface area contributed by atoms with Gasteiger partial charge in [0.15, 0.2) is 5.44 Å². The highest BCUT2D eigenvalue weighted by atomic mass is 31.2. The van der Waals surface area contributed by atoms with Crippen LogP contribution in [0.1, 0.15) is 13.8 Å². The van der Waals surface area contributed by atoms with Gasteiger partial charge in [0.05, 0.1) is 18.7 Å². The van der Waals surface area contributed by atoms with Gasteiger partial charge in [0.2, 0.25) is 0 Å². The number of pyridine rings is 1. The van der Waals surface area contributed by atoms with Crippen molar-refractivity contribution < 1.29 is 13.6 Å². The first-order chi connectivity index (χ1) is 16.1. The summed E-state index contributed by atoms with van der Waals surface area (Å²) in [6, 6.07) is 26.5. The Bertz CT molecular complexity index is 1460. The van der Waals surface area contributed by atoms with Gasteiger partial charge in [-0.3, -0.25) is 4.57 Å². The van der Waals surface area contributed by atoms with Gasteiger partial charge in [0.1, 0.15) is 0 Å². The summed E-state index contributed by atoms with van der Waals surface area (Å²) >= 11 is 0. The third-order valence-corrected chi connectivity index (χ3v) is 7.65. The number of nitrogens with zero attached hydrogens (tertiary/aromatic N) is 1. The average molecular weight is 456 g/mol. The van der Waals surface area contributed by atoms with Crippen molar-refractivity contribution in [3.8, 4) is 22.4 Å². The van der Waals surface area contributed by atoms with E-state index in [1.165, 1.54) is 0 Å². The zero-order valence-electron chi connectivity index (χ0n) is 18.6. The van der Waals surface area contributed by atoms with E-state index in [-0.39, 0.29) is 13.2 Å². The maximum absolute atomic E-state index is 13.5. The van der Waals surface area contributed by atoms with Crippen molar-refractivity contribution >= 4 is 34.7 Å². The van der Waals surface area contributed by atoms with E-state index >= 15 is 0 Å². The number of aromatic nitrogens is 2. The van der Waals surface area contributed by atoms with Gasteiger partial charge in [-0.25, -0.2) is 4.98 Å². The summed E-state index contributed by atoms with van der Waals surface area (Å²) in [5, 5.41) is 3.24. The summed E-state index contributed by atoms with van der Waals surface area (Å²) in [5.41, 5.74) is 5.21. The van der Waals surface area contributed by atoms with Gasteiger partial charge in [-0.1, -0.05) is 48.5 Å². The van der Waals surface area contributed by atoms with Crippen molar-refractivity contribution in [2.45, 2.75) is 13.8 Å². The molecule has 5 aromatic rings. The largest absolute Gasteiger partial charge is 0.379 e. The lowest BCUT2D eigenvalue weighted by Gasteiger charge is -2.18. The van der Waals surface area contributed by atoms with E-state index < -0.39 is 7.60 Å². The molecule has 0 unspecified atom stereocenters. The van der Waals surface area contributed by atoms with Gasteiger partial charge >= 0.3 is 7.60 Å². The van der Waals surface area contributed by atoms with Crippen LogP contribution in [-0.4, -0.2) is 23.2 Å². The van der Waals surface area contributed by atoms with Crippen LogP contribution < -0.4 is 5.44 Å². The van der Waals surface area contributed by atoms with Gasteiger partial charge in [-0.15, -0.1) is 0 Å². The van der Waals surface area contributed by atoms with Crippen LogP contribution in [0.4, 0.5) is 0 Å². The zero-order chi connectivity index (χ0) is 22.8. The van der Waals surface area contributed by atoms with E-state index in [0.29, 0.717) is 5.44 Å². The number of H-pyrrole nitrogens is 1. The number of aromatic amines is 1. The second-order valence-corrected chi connectivity index (χ2v) is 9.68. The van der Waals surface area contributed by atoms with Crippen LogP contribution >= 0.6 is 7.60 Å². The van der Waals surface area contributed by atoms with Crippen molar-refractivity contribution in [3.05, 3.63) is 85.1 Å².